The quantitative estimate of drug-likeness (QED) is 0.421. The summed E-state index contributed by atoms with van der Waals surface area (Å²) in [7, 11) is 0. The lowest BCUT2D eigenvalue weighted by Crippen LogP contribution is -2.09. The van der Waals surface area contributed by atoms with E-state index in [2.05, 4.69) is 31.9 Å². The van der Waals surface area contributed by atoms with Crippen LogP contribution in [0.25, 0.3) is 11.0 Å². The Morgan fingerprint density at radius 3 is 2.57 bits per heavy atom. The van der Waals surface area contributed by atoms with Crippen LogP contribution in [0.2, 0.25) is 0 Å². The summed E-state index contributed by atoms with van der Waals surface area (Å²) in [4.78, 5) is 24.7. The topological polar surface area (TPSA) is 47.3 Å². The van der Waals surface area contributed by atoms with Crippen LogP contribution in [0, 0.1) is 0 Å². The molecule has 0 bridgehead atoms. The lowest BCUT2D eigenvalue weighted by atomic mass is 10.0. The number of hydrogen-bond acceptors (Lipinski definition) is 3. The average Bonchev–Trinajstić information content (AvgIpc) is 2.92. The minimum atomic E-state index is -0.222. The Morgan fingerprint density at radius 2 is 1.83 bits per heavy atom. The molecule has 3 rings (SSSR count). The molecule has 0 aliphatic rings. The van der Waals surface area contributed by atoms with Crippen LogP contribution in [0.3, 0.4) is 0 Å². The third-order valence-electron chi connectivity index (χ3n) is 3.51. The number of carbonyl (C=O) groups excluding carboxylic acids is 2. The van der Waals surface area contributed by atoms with Crippen LogP contribution in [0.1, 0.15) is 21.7 Å². The molecule has 0 N–H and O–H groups in total. The summed E-state index contributed by atoms with van der Waals surface area (Å²) in [5.41, 5.74) is 1.78. The number of benzene rings is 2. The molecule has 0 amide bonds. The minimum absolute atomic E-state index is 0.000143. The molecule has 0 aliphatic carbocycles. The first-order valence-corrected chi connectivity index (χ1v) is 8.90. The third kappa shape index (κ3) is 3.31. The lowest BCUT2D eigenvalue weighted by Gasteiger charge is -2.02. The number of Topliss-reactive ketones (excluding diaryl/α,β-unsaturated/α-hetero) is 1. The number of carbonyl (C=O) groups is 2. The van der Waals surface area contributed by atoms with Crippen molar-refractivity contribution >= 4 is 54.4 Å². The van der Waals surface area contributed by atoms with Gasteiger partial charge in [-0.15, -0.1) is 0 Å². The molecule has 2 aromatic carbocycles. The van der Waals surface area contributed by atoms with Gasteiger partial charge < -0.3 is 4.42 Å². The van der Waals surface area contributed by atoms with Crippen LogP contribution in [0.4, 0.5) is 0 Å². The highest BCUT2D eigenvalue weighted by molar-refractivity contribution is 9.10. The molecule has 0 saturated carbocycles. The van der Waals surface area contributed by atoms with E-state index in [1.807, 2.05) is 24.3 Å². The summed E-state index contributed by atoms with van der Waals surface area (Å²) in [6.07, 6.45) is 0.164. The average molecular weight is 436 g/mol. The smallest absolute Gasteiger partial charge is 0.228 e. The molecular formula is C18H12Br2O3. The molecule has 23 heavy (non-hydrogen) atoms. The Labute approximate surface area is 149 Å². The number of para-hydroxylation sites is 1. The van der Waals surface area contributed by atoms with E-state index >= 15 is 0 Å². The number of halogens is 2. The highest BCUT2D eigenvalue weighted by atomic mass is 79.9. The molecule has 0 aliphatic heterocycles. The molecule has 0 atom stereocenters. The zero-order chi connectivity index (χ0) is 16.4. The minimum Gasteiger partial charge on any atom is -0.452 e. The van der Waals surface area contributed by atoms with Crippen molar-refractivity contribution in [3.8, 4) is 0 Å². The Bertz CT molecular complexity index is 896. The Kier molecular flexibility index (Phi) is 4.78. The fourth-order valence-electron chi connectivity index (χ4n) is 2.46. The zero-order valence-corrected chi connectivity index (χ0v) is 15.2. The van der Waals surface area contributed by atoms with E-state index in [4.69, 9.17) is 4.42 Å². The molecule has 0 spiro atoms. The van der Waals surface area contributed by atoms with Gasteiger partial charge in [-0.05, 0) is 18.2 Å². The van der Waals surface area contributed by atoms with Gasteiger partial charge in [0.15, 0.2) is 5.76 Å². The fourth-order valence-corrected chi connectivity index (χ4v) is 3.06. The maximum atomic E-state index is 12.8. The van der Waals surface area contributed by atoms with Gasteiger partial charge >= 0.3 is 0 Å². The summed E-state index contributed by atoms with van der Waals surface area (Å²) in [5, 5.41) is 1.05. The first kappa shape index (κ1) is 16.1. The summed E-state index contributed by atoms with van der Waals surface area (Å²) in [5.74, 6) is 0.0123. The summed E-state index contributed by atoms with van der Waals surface area (Å²) in [6, 6.07) is 14.5. The van der Waals surface area contributed by atoms with Crippen LogP contribution in [0.15, 0.2) is 57.4 Å². The predicted octanol–water partition coefficient (Wildman–Crippen LogP) is 4.93. The molecule has 0 radical (unpaired) electrons. The van der Waals surface area contributed by atoms with Crippen molar-refractivity contribution < 1.29 is 14.0 Å². The highest BCUT2D eigenvalue weighted by Gasteiger charge is 2.23. The lowest BCUT2D eigenvalue weighted by molar-refractivity contribution is -0.115. The van der Waals surface area contributed by atoms with E-state index in [0.29, 0.717) is 16.7 Å². The third-order valence-corrected chi connectivity index (χ3v) is 4.63. The van der Waals surface area contributed by atoms with Crippen LogP contribution < -0.4 is 0 Å². The molecule has 0 unspecified atom stereocenters. The molecule has 0 saturated heterocycles. The predicted molar refractivity (Wildman–Crippen MR) is 96.3 cm³/mol. The molecular weight excluding hydrogens is 424 g/mol. The standard InChI is InChI=1S/C18H12Br2O3/c19-10-13(21)9-15-14-6-1-2-7-16(14)23-18(15)17(22)11-4-3-5-12(20)8-11/h1-8H,9-10H2. The molecule has 0 fully saturated rings. The zero-order valence-electron chi connectivity index (χ0n) is 12.0. The van der Waals surface area contributed by atoms with E-state index in [-0.39, 0.29) is 29.1 Å². The number of hydrogen-bond donors (Lipinski definition) is 0. The van der Waals surface area contributed by atoms with Crippen molar-refractivity contribution in [2.75, 3.05) is 5.33 Å². The fraction of sp³-hybridized carbons (Fsp3) is 0.111. The van der Waals surface area contributed by atoms with Crippen LogP contribution in [-0.2, 0) is 11.2 Å². The second-order valence-electron chi connectivity index (χ2n) is 5.09. The highest BCUT2D eigenvalue weighted by Crippen LogP contribution is 2.29. The van der Waals surface area contributed by atoms with Crippen molar-refractivity contribution in [1.82, 2.24) is 0 Å². The molecule has 1 heterocycles. The molecule has 3 aromatic rings. The van der Waals surface area contributed by atoms with Gasteiger partial charge in [-0.3, -0.25) is 9.59 Å². The number of alkyl halides is 1. The number of furan rings is 1. The Balaban J connectivity index is 2.14. The molecule has 1 aromatic heterocycles. The maximum absolute atomic E-state index is 12.8. The normalized spacial score (nSPS) is 10.9. The van der Waals surface area contributed by atoms with E-state index in [1.54, 1.807) is 24.3 Å². The van der Waals surface area contributed by atoms with Crippen molar-refractivity contribution in [3.05, 3.63) is 69.9 Å². The molecule has 3 nitrogen and oxygen atoms in total. The molecule has 116 valence electrons. The van der Waals surface area contributed by atoms with E-state index in [0.717, 1.165) is 9.86 Å². The first-order chi connectivity index (χ1) is 11.1. The number of ketones is 2. The number of fused-ring (bicyclic) bond motifs is 1. The van der Waals surface area contributed by atoms with Gasteiger partial charge in [0.1, 0.15) is 11.4 Å². The van der Waals surface area contributed by atoms with Gasteiger partial charge in [-0.1, -0.05) is 62.2 Å². The second kappa shape index (κ2) is 6.81. The van der Waals surface area contributed by atoms with Crippen molar-refractivity contribution in [2.24, 2.45) is 0 Å². The van der Waals surface area contributed by atoms with Crippen LogP contribution >= 0.6 is 31.9 Å². The van der Waals surface area contributed by atoms with Gasteiger partial charge in [0.2, 0.25) is 5.78 Å². The maximum Gasteiger partial charge on any atom is 0.228 e. The van der Waals surface area contributed by atoms with E-state index < -0.39 is 0 Å². The van der Waals surface area contributed by atoms with Crippen molar-refractivity contribution in [1.29, 1.82) is 0 Å². The summed E-state index contributed by atoms with van der Waals surface area (Å²) in [6.45, 7) is 0. The first-order valence-electron chi connectivity index (χ1n) is 6.98. The summed E-state index contributed by atoms with van der Waals surface area (Å²) >= 11 is 6.53. The Hall–Kier alpha value is -1.72. The number of rotatable bonds is 5. The monoisotopic (exact) mass is 434 g/mol. The second-order valence-corrected chi connectivity index (χ2v) is 6.57. The van der Waals surface area contributed by atoms with Crippen LogP contribution in [-0.4, -0.2) is 16.9 Å². The van der Waals surface area contributed by atoms with Gasteiger partial charge in [-0.25, -0.2) is 0 Å². The Morgan fingerprint density at radius 1 is 1.04 bits per heavy atom. The van der Waals surface area contributed by atoms with Gasteiger partial charge in [0.25, 0.3) is 0 Å². The van der Waals surface area contributed by atoms with Crippen molar-refractivity contribution in [3.63, 3.8) is 0 Å². The van der Waals surface area contributed by atoms with Gasteiger partial charge in [0, 0.05) is 27.4 Å². The van der Waals surface area contributed by atoms with E-state index in [9.17, 15) is 9.59 Å². The van der Waals surface area contributed by atoms with Gasteiger partial charge in [0.05, 0.1) is 5.33 Å². The largest absolute Gasteiger partial charge is 0.452 e. The summed E-state index contributed by atoms with van der Waals surface area (Å²) < 4.78 is 6.59. The van der Waals surface area contributed by atoms with E-state index in [1.165, 1.54) is 0 Å². The van der Waals surface area contributed by atoms with Crippen molar-refractivity contribution in [2.45, 2.75) is 6.42 Å². The van der Waals surface area contributed by atoms with Crippen LogP contribution in [0.5, 0.6) is 0 Å². The van der Waals surface area contributed by atoms with Gasteiger partial charge in [-0.2, -0.15) is 0 Å². The molecule has 5 heteroatoms. The SMILES string of the molecule is O=C(CBr)Cc1c(C(=O)c2cccc(Br)c2)oc2ccccc12.